The molecule has 0 aliphatic carbocycles. The fraction of sp³-hybridized carbons (Fsp3) is 0.500. The summed E-state index contributed by atoms with van der Waals surface area (Å²) in [7, 11) is 1.42. The number of rotatable bonds is 6. The van der Waals surface area contributed by atoms with Gasteiger partial charge in [0.25, 0.3) is 0 Å². The number of unbranched alkanes of at least 4 members (excludes halogenated alkanes) is 1. The maximum Gasteiger partial charge on any atom is 0.311 e. The van der Waals surface area contributed by atoms with Crippen LogP contribution in [-0.2, 0) is 0 Å². The van der Waals surface area contributed by atoms with Crippen LogP contribution in [-0.4, -0.2) is 12.0 Å². The molecule has 0 fully saturated rings. The van der Waals surface area contributed by atoms with Crippen molar-refractivity contribution in [2.75, 3.05) is 7.11 Å². The molecule has 94 valence electrons. The molecule has 5 heteroatoms. The lowest BCUT2D eigenvalue weighted by atomic mass is 10.0. The van der Waals surface area contributed by atoms with Gasteiger partial charge in [-0.05, 0) is 18.1 Å². The van der Waals surface area contributed by atoms with Crippen molar-refractivity contribution in [1.82, 2.24) is 0 Å². The van der Waals surface area contributed by atoms with E-state index < -0.39 is 4.92 Å². The number of hydrogen-bond acceptors (Lipinski definition) is 4. The second kappa shape index (κ2) is 6.20. The van der Waals surface area contributed by atoms with Gasteiger partial charge in [0.05, 0.1) is 12.0 Å². The van der Waals surface area contributed by atoms with E-state index in [1.54, 1.807) is 12.1 Å². The molecule has 0 aliphatic rings. The van der Waals surface area contributed by atoms with Crippen LogP contribution in [0.2, 0.25) is 0 Å². The van der Waals surface area contributed by atoms with Crippen LogP contribution in [0.5, 0.6) is 5.75 Å². The van der Waals surface area contributed by atoms with Crippen molar-refractivity contribution in [3.63, 3.8) is 0 Å². The molecule has 1 rings (SSSR count). The van der Waals surface area contributed by atoms with Crippen molar-refractivity contribution in [1.29, 1.82) is 0 Å². The Hall–Kier alpha value is -1.62. The molecule has 2 N–H and O–H groups in total. The van der Waals surface area contributed by atoms with Crippen molar-refractivity contribution in [2.45, 2.75) is 32.2 Å². The molecule has 0 radical (unpaired) electrons. The van der Waals surface area contributed by atoms with E-state index in [4.69, 9.17) is 10.5 Å². The summed E-state index contributed by atoms with van der Waals surface area (Å²) in [6, 6.07) is 4.73. The van der Waals surface area contributed by atoms with Crippen LogP contribution >= 0.6 is 0 Å². The fourth-order valence-electron chi connectivity index (χ4n) is 1.67. The zero-order valence-corrected chi connectivity index (χ0v) is 10.2. The average Bonchev–Trinajstić information content (AvgIpc) is 2.34. The summed E-state index contributed by atoms with van der Waals surface area (Å²) in [6.07, 6.45) is 2.91. The fourth-order valence-corrected chi connectivity index (χ4v) is 1.67. The first-order valence-corrected chi connectivity index (χ1v) is 5.68. The van der Waals surface area contributed by atoms with Crippen LogP contribution < -0.4 is 10.5 Å². The number of nitrogens with zero attached hydrogens (tertiary/aromatic N) is 1. The smallest absolute Gasteiger partial charge is 0.311 e. The zero-order valence-electron chi connectivity index (χ0n) is 10.2. The number of benzene rings is 1. The molecule has 1 aromatic rings. The van der Waals surface area contributed by atoms with Gasteiger partial charge in [0, 0.05) is 12.1 Å². The Morgan fingerprint density at radius 3 is 2.76 bits per heavy atom. The normalized spacial score (nSPS) is 12.2. The van der Waals surface area contributed by atoms with E-state index in [9.17, 15) is 10.1 Å². The molecule has 1 aromatic carbocycles. The first kappa shape index (κ1) is 13.4. The van der Waals surface area contributed by atoms with Gasteiger partial charge in [0.15, 0.2) is 5.75 Å². The minimum absolute atomic E-state index is 0.0306. The predicted molar refractivity (Wildman–Crippen MR) is 66.1 cm³/mol. The molecule has 0 aromatic heterocycles. The molecular formula is C12H18N2O3. The van der Waals surface area contributed by atoms with Crippen molar-refractivity contribution >= 4 is 5.69 Å². The lowest BCUT2D eigenvalue weighted by molar-refractivity contribution is -0.385. The number of hydrogen-bond donors (Lipinski definition) is 1. The molecule has 0 aliphatic heterocycles. The summed E-state index contributed by atoms with van der Waals surface area (Å²) in [6.45, 7) is 2.09. The Morgan fingerprint density at radius 1 is 1.53 bits per heavy atom. The van der Waals surface area contributed by atoms with E-state index in [1.807, 2.05) is 0 Å². The van der Waals surface area contributed by atoms with Crippen LogP contribution in [0.15, 0.2) is 18.2 Å². The Morgan fingerprint density at radius 2 is 2.24 bits per heavy atom. The van der Waals surface area contributed by atoms with E-state index in [-0.39, 0.29) is 17.5 Å². The molecule has 1 atom stereocenters. The second-order valence-electron chi connectivity index (χ2n) is 3.94. The average molecular weight is 238 g/mol. The van der Waals surface area contributed by atoms with Gasteiger partial charge >= 0.3 is 5.69 Å². The summed E-state index contributed by atoms with van der Waals surface area (Å²) in [5.74, 6) is 0.265. The van der Waals surface area contributed by atoms with Crippen LogP contribution in [0, 0.1) is 10.1 Å². The summed E-state index contributed by atoms with van der Waals surface area (Å²) in [5.41, 5.74) is 6.73. The molecule has 0 saturated heterocycles. The second-order valence-corrected chi connectivity index (χ2v) is 3.94. The highest BCUT2D eigenvalue weighted by Gasteiger charge is 2.17. The maximum atomic E-state index is 10.9. The highest BCUT2D eigenvalue weighted by atomic mass is 16.6. The third kappa shape index (κ3) is 3.42. The Labute approximate surface area is 101 Å². The molecule has 5 nitrogen and oxygen atoms in total. The van der Waals surface area contributed by atoms with Crippen molar-refractivity contribution < 1.29 is 9.66 Å². The molecule has 0 bridgehead atoms. The van der Waals surface area contributed by atoms with Crippen molar-refractivity contribution in [2.24, 2.45) is 5.73 Å². The van der Waals surface area contributed by atoms with E-state index in [0.29, 0.717) is 0 Å². The Bertz CT molecular complexity index is 393. The van der Waals surface area contributed by atoms with Crippen LogP contribution in [0.25, 0.3) is 0 Å². The van der Waals surface area contributed by atoms with Gasteiger partial charge in [-0.1, -0.05) is 25.8 Å². The van der Waals surface area contributed by atoms with Gasteiger partial charge < -0.3 is 10.5 Å². The summed E-state index contributed by atoms with van der Waals surface area (Å²) >= 11 is 0. The van der Waals surface area contributed by atoms with Crippen LogP contribution in [0.3, 0.4) is 0 Å². The van der Waals surface area contributed by atoms with Crippen LogP contribution in [0.1, 0.15) is 37.8 Å². The summed E-state index contributed by atoms with van der Waals surface area (Å²) in [4.78, 5) is 10.4. The molecule has 17 heavy (non-hydrogen) atoms. The van der Waals surface area contributed by atoms with Gasteiger partial charge in [-0.3, -0.25) is 10.1 Å². The van der Waals surface area contributed by atoms with E-state index in [1.165, 1.54) is 13.2 Å². The first-order chi connectivity index (χ1) is 8.10. The number of nitro benzene ring substituents is 1. The van der Waals surface area contributed by atoms with Crippen molar-refractivity contribution in [3.8, 4) is 5.75 Å². The van der Waals surface area contributed by atoms with Gasteiger partial charge in [-0.25, -0.2) is 0 Å². The van der Waals surface area contributed by atoms with Gasteiger partial charge in [0.1, 0.15) is 0 Å². The zero-order chi connectivity index (χ0) is 12.8. The largest absolute Gasteiger partial charge is 0.490 e. The molecular weight excluding hydrogens is 220 g/mol. The van der Waals surface area contributed by atoms with Crippen molar-refractivity contribution in [3.05, 3.63) is 33.9 Å². The minimum atomic E-state index is -0.450. The number of nitro groups is 1. The third-order valence-electron chi connectivity index (χ3n) is 2.70. The first-order valence-electron chi connectivity index (χ1n) is 5.68. The van der Waals surface area contributed by atoms with Gasteiger partial charge in [-0.15, -0.1) is 0 Å². The van der Waals surface area contributed by atoms with E-state index in [0.717, 1.165) is 24.8 Å². The predicted octanol–water partition coefficient (Wildman–Crippen LogP) is 2.79. The monoisotopic (exact) mass is 238 g/mol. The number of ether oxygens (including phenoxy) is 1. The topological polar surface area (TPSA) is 78.4 Å². The lowest BCUT2D eigenvalue weighted by Crippen LogP contribution is -2.10. The van der Waals surface area contributed by atoms with E-state index in [2.05, 4.69) is 6.92 Å². The molecule has 0 heterocycles. The summed E-state index contributed by atoms with van der Waals surface area (Å²) < 4.78 is 4.94. The Kier molecular flexibility index (Phi) is 4.90. The quantitative estimate of drug-likeness (QED) is 0.610. The number of methoxy groups -OCH3 is 1. The third-order valence-corrected chi connectivity index (χ3v) is 2.70. The van der Waals surface area contributed by atoms with Crippen LogP contribution in [0.4, 0.5) is 5.69 Å². The number of nitrogens with two attached hydrogens (primary N) is 1. The minimum Gasteiger partial charge on any atom is -0.490 e. The molecule has 0 unspecified atom stereocenters. The highest BCUT2D eigenvalue weighted by molar-refractivity contribution is 5.49. The Balaban J connectivity index is 2.95. The lowest BCUT2D eigenvalue weighted by Gasteiger charge is -2.12. The molecule has 0 amide bonds. The van der Waals surface area contributed by atoms with E-state index >= 15 is 0 Å². The molecule has 0 spiro atoms. The van der Waals surface area contributed by atoms with Gasteiger partial charge in [-0.2, -0.15) is 0 Å². The standard InChI is InChI=1S/C12H18N2O3/c1-3-4-5-10(13)9-6-7-12(17-2)11(8-9)14(15)16/h6-8,10H,3-5,13H2,1-2H3/t10-/m1/s1. The highest BCUT2D eigenvalue weighted by Crippen LogP contribution is 2.30. The summed E-state index contributed by atoms with van der Waals surface area (Å²) in [5, 5.41) is 10.9. The molecule has 0 saturated carbocycles. The SMILES string of the molecule is CCCC[C@@H](N)c1ccc(OC)c([N+](=O)[O-])c1. The maximum absolute atomic E-state index is 10.9. The van der Waals surface area contributed by atoms with Gasteiger partial charge in [0.2, 0.25) is 0 Å².